The smallest absolute Gasteiger partial charge is 0.265 e. The maximum atomic E-state index is 12.2. The van der Waals surface area contributed by atoms with Crippen molar-refractivity contribution in [2.75, 3.05) is 24.6 Å². The zero-order valence-electron chi connectivity index (χ0n) is 14.7. The van der Waals surface area contributed by atoms with E-state index in [2.05, 4.69) is 5.32 Å². The summed E-state index contributed by atoms with van der Waals surface area (Å²) in [7, 11) is 0. The lowest BCUT2D eigenvalue weighted by molar-refractivity contribution is -0.122. The van der Waals surface area contributed by atoms with Crippen molar-refractivity contribution in [1.82, 2.24) is 5.32 Å². The first-order valence-electron chi connectivity index (χ1n) is 8.61. The highest BCUT2D eigenvalue weighted by Gasteiger charge is 2.25. The largest absolute Gasteiger partial charge is 0.508 e. The van der Waals surface area contributed by atoms with Gasteiger partial charge in [-0.2, -0.15) is 0 Å². The van der Waals surface area contributed by atoms with Gasteiger partial charge in [-0.15, -0.1) is 0 Å². The molecule has 0 aliphatic carbocycles. The van der Waals surface area contributed by atoms with Crippen LogP contribution in [0.15, 0.2) is 42.5 Å². The highest BCUT2D eigenvalue weighted by atomic mass is 16.5. The first-order valence-corrected chi connectivity index (χ1v) is 8.61. The summed E-state index contributed by atoms with van der Waals surface area (Å²) < 4.78 is 5.44. The average molecular weight is 354 g/mol. The van der Waals surface area contributed by atoms with Crippen LogP contribution in [-0.4, -0.2) is 36.6 Å². The van der Waals surface area contributed by atoms with Gasteiger partial charge >= 0.3 is 0 Å². The Morgan fingerprint density at radius 2 is 2.00 bits per heavy atom. The maximum absolute atomic E-state index is 12.2. The molecule has 0 saturated carbocycles. The number of fused-ring (bicyclic) bond motifs is 1. The van der Waals surface area contributed by atoms with Crippen LogP contribution in [0.4, 0.5) is 5.69 Å². The van der Waals surface area contributed by atoms with Crippen molar-refractivity contribution in [3.05, 3.63) is 53.6 Å². The van der Waals surface area contributed by atoms with Crippen LogP contribution in [-0.2, 0) is 16.0 Å². The summed E-state index contributed by atoms with van der Waals surface area (Å²) in [5, 5.41) is 12.1. The number of anilines is 1. The molecule has 2 aromatic carbocycles. The summed E-state index contributed by atoms with van der Waals surface area (Å²) >= 11 is 0. The number of hydrogen-bond acceptors (Lipinski definition) is 4. The molecule has 0 saturated heterocycles. The van der Waals surface area contributed by atoms with Crippen molar-refractivity contribution in [1.29, 1.82) is 0 Å². The van der Waals surface area contributed by atoms with Crippen molar-refractivity contribution >= 4 is 17.5 Å². The molecule has 6 nitrogen and oxygen atoms in total. The lowest BCUT2D eigenvalue weighted by Crippen LogP contribution is -2.41. The van der Waals surface area contributed by atoms with E-state index in [0.29, 0.717) is 25.3 Å². The number of nitrogens with one attached hydrogen (secondary N) is 1. The SMILES string of the molecule is Cc1ccc2c(c1)N(CCC(=O)NCCc1ccc(O)cc1)C(=O)CO2. The second kappa shape index (κ2) is 7.91. The number of phenols is 1. The van der Waals surface area contributed by atoms with Gasteiger partial charge in [-0.3, -0.25) is 9.59 Å². The van der Waals surface area contributed by atoms with Gasteiger partial charge in [0.1, 0.15) is 11.5 Å². The molecule has 6 heteroatoms. The molecule has 3 rings (SSSR count). The predicted molar refractivity (Wildman–Crippen MR) is 98.5 cm³/mol. The molecule has 0 unspecified atom stereocenters. The Kier molecular flexibility index (Phi) is 5.41. The fourth-order valence-corrected chi connectivity index (χ4v) is 2.87. The third-order valence-electron chi connectivity index (χ3n) is 4.29. The molecule has 0 aromatic heterocycles. The van der Waals surface area contributed by atoms with Gasteiger partial charge in [-0.05, 0) is 48.7 Å². The summed E-state index contributed by atoms with van der Waals surface area (Å²) in [4.78, 5) is 25.9. The summed E-state index contributed by atoms with van der Waals surface area (Å²) in [6.07, 6.45) is 0.916. The first-order chi connectivity index (χ1) is 12.5. The number of nitrogens with zero attached hydrogens (tertiary/aromatic N) is 1. The van der Waals surface area contributed by atoms with E-state index >= 15 is 0 Å². The highest BCUT2D eigenvalue weighted by molar-refractivity contribution is 5.98. The van der Waals surface area contributed by atoms with Gasteiger partial charge in [0.15, 0.2) is 6.61 Å². The molecule has 0 spiro atoms. The monoisotopic (exact) mass is 354 g/mol. The number of phenolic OH excluding ortho intramolecular Hbond substituents is 1. The molecule has 2 aromatic rings. The van der Waals surface area contributed by atoms with Gasteiger partial charge in [0, 0.05) is 19.5 Å². The maximum Gasteiger partial charge on any atom is 0.265 e. The Labute approximate surface area is 152 Å². The van der Waals surface area contributed by atoms with E-state index in [1.807, 2.05) is 37.3 Å². The van der Waals surface area contributed by atoms with Crippen LogP contribution in [0, 0.1) is 6.92 Å². The van der Waals surface area contributed by atoms with Crippen molar-refractivity contribution in [3.63, 3.8) is 0 Å². The summed E-state index contributed by atoms with van der Waals surface area (Å²) in [6.45, 7) is 2.78. The Bertz CT molecular complexity index is 802. The van der Waals surface area contributed by atoms with Crippen LogP contribution < -0.4 is 15.0 Å². The second-order valence-corrected chi connectivity index (χ2v) is 6.32. The molecule has 1 aliphatic rings. The Morgan fingerprint density at radius 1 is 1.23 bits per heavy atom. The van der Waals surface area contributed by atoms with Crippen LogP contribution in [0.2, 0.25) is 0 Å². The van der Waals surface area contributed by atoms with Gasteiger partial charge < -0.3 is 20.1 Å². The molecule has 2 amide bonds. The molecular formula is C20H22N2O4. The molecule has 0 atom stereocenters. The minimum atomic E-state index is -0.139. The predicted octanol–water partition coefficient (Wildman–Crippen LogP) is 2.18. The number of carbonyl (C=O) groups is 2. The van der Waals surface area contributed by atoms with Crippen molar-refractivity contribution in [2.45, 2.75) is 19.8 Å². The fraction of sp³-hybridized carbons (Fsp3) is 0.300. The van der Waals surface area contributed by atoms with Crippen LogP contribution in [0.3, 0.4) is 0 Å². The summed E-state index contributed by atoms with van der Waals surface area (Å²) in [5.74, 6) is 0.656. The lowest BCUT2D eigenvalue weighted by atomic mass is 10.1. The molecule has 136 valence electrons. The van der Waals surface area contributed by atoms with Gasteiger partial charge in [-0.25, -0.2) is 0 Å². The van der Waals surface area contributed by atoms with Crippen LogP contribution in [0.5, 0.6) is 11.5 Å². The van der Waals surface area contributed by atoms with E-state index in [1.54, 1.807) is 17.0 Å². The Morgan fingerprint density at radius 3 is 2.77 bits per heavy atom. The molecular weight excluding hydrogens is 332 g/mol. The molecule has 0 bridgehead atoms. The van der Waals surface area contributed by atoms with E-state index in [4.69, 9.17) is 4.74 Å². The summed E-state index contributed by atoms with van der Waals surface area (Å²) in [5.41, 5.74) is 2.79. The Balaban J connectivity index is 1.50. The van der Waals surface area contributed by atoms with Crippen LogP contribution in [0.1, 0.15) is 17.5 Å². The first kappa shape index (κ1) is 17.8. The molecule has 1 aliphatic heterocycles. The molecule has 1 heterocycles. The molecule has 2 N–H and O–H groups in total. The van der Waals surface area contributed by atoms with Gasteiger partial charge in [0.05, 0.1) is 5.69 Å². The lowest BCUT2D eigenvalue weighted by Gasteiger charge is -2.29. The number of amides is 2. The van der Waals surface area contributed by atoms with Crippen molar-refractivity contribution in [3.8, 4) is 11.5 Å². The number of hydrogen-bond donors (Lipinski definition) is 2. The quantitative estimate of drug-likeness (QED) is 0.833. The van der Waals surface area contributed by atoms with Gasteiger partial charge in [-0.1, -0.05) is 18.2 Å². The fourth-order valence-electron chi connectivity index (χ4n) is 2.87. The minimum absolute atomic E-state index is 0.00146. The second-order valence-electron chi connectivity index (χ2n) is 6.32. The van der Waals surface area contributed by atoms with E-state index in [0.717, 1.165) is 16.8 Å². The van der Waals surface area contributed by atoms with Crippen molar-refractivity contribution < 1.29 is 19.4 Å². The number of carbonyl (C=O) groups excluding carboxylic acids is 2. The zero-order chi connectivity index (χ0) is 18.5. The summed E-state index contributed by atoms with van der Waals surface area (Å²) in [6, 6.07) is 12.6. The third kappa shape index (κ3) is 4.33. The van der Waals surface area contributed by atoms with E-state index in [-0.39, 0.29) is 30.6 Å². The van der Waals surface area contributed by atoms with E-state index < -0.39 is 0 Å². The number of ether oxygens (including phenoxy) is 1. The average Bonchev–Trinajstić information content (AvgIpc) is 2.62. The van der Waals surface area contributed by atoms with Crippen molar-refractivity contribution in [2.24, 2.45) is 0 Å². The third-order valence-corrected chi connectivity index (χ3v) is 4.29. The molecule has 26 heavy (non-hydrogen) atoms. The normalized spacial score (nSPS) is 13.1. The van der Waals surface area contributed by atoms with Crippen LogP contribution in [0.25, 0.3) is 0 Å². The molecule has 0 radical (unpaired) electrons. The highest BCUT2D eigenvalue weighted by Crippen LogP contribution is 2.32. The van der Waals surface area contributed by atoms with E-state index in [9.17, 15) is 14.7 Å². The number of benzene rings is 2. The van der Waals surface area contributed by atoms with Crippen LogP contribution >= 0.6 is 0 Å². The number of aryl methyl sites for hydroxylation is 1. The topological polar surface area (TPSA) is 78.9 Å². The zero-order valence-corrected chi connectivity index (χ0v) is 14.7. The standard InChI is InChI=1S/C20H22N2O4/c1-14-2-7-18-17(12-14)22(20(25)13-26-18)11-9-19(24)21-10-8-15-3-5-16(23)6-4-15/h2-7,12,23H,8-11,13H2,1H3,(H,21,24). The number of aromatic hydroxyl groups is 1. The number of rotatable bonds is 6. The molecule has 0 fully saturated rings. The van der Waals surface area contributed by atoms with Gasteiger partial charge in [0.25, 0.3) is 5.91 Å². The van der Waals surface area contributed by atoms with E-state index in [1.165, 1.54) is 0 Å². The van der Waals surface area contributed by atoms with Gasteiger partial charge in [0.2, 0.25) is 5.91 Å². The minimum Gasteiger partial charge on any atom is -0.508 e. The Hall–Kier alpha value is -3.02.